The smallest absolute Gasteiger partial charge is 0.251 e. The van der Waals surface area contributed by atoms with Gasteiger partial charge in [0.15, 0.2) is 0 Å². The molecule has 4 rings (SSSR count). The molecule has 0 aliphatic carbocycles. The molecule has 30 heavy (non-hydrogen) atoms. The largest absolute Gasteiger partial charge is 0.352 e. The van der Waals surface area contributed by atoms with Crippen LogP contribution in [0, 0.1) is 13.8 Å². The molecular weight excluding hydrogens is 376 g/mol. The van der Waals surface area contributed by atoms with Crippen molar-refractivity contribution in [1.29, 1.82) is 0 Å². The minimum Gasteiger partial charge on any atom is -0.352 e. The minimum atomic E-state index is -0.156. The van der Waals surface area contributed by atoms with Gasteiger partial charge in [0.25, 0.3) is 5.95 Å². The number of hydrogen-bond donors (Lipinski definition) is 1. The first kappa shape index (κ1) is 19.8. The summed E-state index contributed by atoms with van der Waals surface area (Å²) in [6, 6.07) is 16.5. The fourth-order valence-corrected chi connectivity index (χ4v) is 3.61. The molecule has 0 fully saturated rings. The minimum absolute atomic E-state index is 0.0606. The van der Waals surface area contributed by atoms with Crippen molar-refractivity contribution in [2.45, 2.75) is 39.8 Å². The van der Waals surface area contributed by atoms with Crippen LogP contribution < -0.4 is 10.2 Å². The van der Waals surface area contributed by atoms with Crippen molar-refractivity contribution in [3.8, 4) is 0 Å². The maximum absolute atomic E-state index is 12.6. The molecule has 1 aliphatic heterocycles. The maximum atomic E-state index is 12.6. The maximum Gasteiger partial charge on any atom is 0.251 e. The number of aromatic nitrogens is 4. The van der Waals surface area contributed by atoms with Gasteiger partial charge in [0, 0.05) is 6.04 Å². The van der Waals surface area contributed by atoms with Crippen LogP contribution in [0.3, 0.4) is 0 Å². The zero-order valence-corrected chi connectivity index (χ0v) is 17.7. The third-order valence-corrected chi connectivity index (χ3v) is 5.10. The van der Waals surface area contributed by atoms with E-state index in [1.807, 2.05) is 18.7 Å². The van der Waals surface area contributed by atoms with Crippen molar-refractivity contribution in [1.82, 2.24) is 25.5 Å². The fourth-order valence-electron chi connectivity index (χ4n) is 3.61. The van der Waals surface area contributed by atoms with E-state index in [4.69, 9.17) is 0 Å². The molecule has 2 aromatic carbocycles. The Morgan fingerprint density at radius 3 is 2.30 bits per heavy atom. The summed E-state index contributed by atoms with van der Waals surface area (Å²) >= 11 is 0. The van der Waals surface area contributed by atoms with E-state index in [0.29, 0.717) is 5.95 Å². The monoisotopic (exact) mass is 402 g/mol. The van der Waals surface area contributed by atoms with Crippen LogP contribution in [0.25, 0.3) is 5.70 Å². The summed E-state index contributed by atoms with van der Waals surface area (Å²) in [6.45, 7) is 8.15. The van der Waals surface area contributed by atoms with E-state index in [0.717, 1.165) is 16.8 Å². The lowest BCUT2D eigenvalue weighted by molar-refractivity contribution is -0.120. The van der Waals surface area contributed by atoms with Gasteiger partial charge in [-0.15, -0.1) is 0 Å². The molecule has 1 amide bonds. The topological polar surface area (TPSA) is 75.9 Å². The Morgan fingerprint density at radius 2 is 1.67 bits per heavy atom. The lowest BCUT2D eigenvalue weighted by atomic mass is 9.99. The van der Waals surface area contributed by atoms with Crippen LogP contribution in [0.15, 0.2) is 54.6 Å². The molecule has 2 heterocycles. The number of nitrogens with one attached hydrogen (secondary N) is 1. The van der Waals surface area contributed by atoms with Gasteiger partial charge in [0.1, 0.15) is 12.6 Å². The van der Waals surface area contributed by atoms with Crippen LogP contribution in [0.1, 0.15) is 42.1 Å². The number of anilines is 1. The molecular formula is C23H26N6O. The molecule has 0 radical (unpaired) electrons. The van der Waals surface area contributed by atoms with Gasteiger partial charge in [0.05, 0.1) is 5.70 Å². The van der Waals surface area contributed by atoms with Gasteiger partial charge in [-0.25, -0.2) is 0 Å². The third kappa shape index (κ3) is 3.96. The fraction of sp³-hybridized carbons (Fsp3) is 0.304. The SMILES string of the molecule is Cc1ccc(C2=CC(c3ccc(C)cc3)n3nnnc3N2CC(=O)NC(C)C)cc1. The second-order valence-electron chi connectivity index (χ2n) is 8.01. The van der Waals surface area contributed by atoms with Gasteiger partial charge in [-0.3, -0.25) is 9.69 Å². The first-order valence-corrected chi connectivity index (χ1v) is 10.1. The van der Waals surface area contributed by atoms with Crippen molar-refractivity contribution in [2.24, 2.45) is 0 Å². The summed E-state index contributed by atoms with van der Waals surface area (Å²) in [4.78, 5) is 14.5. The highest BCUT2D eigenvalue weighted by Gasteiger charge is 2.31. The number of allylic oxidation sites excluding steroid dienone is 1. The van der Waals surface area contributed by atoms with Gasteiger partial charge >= 0.3 is 0 Å². The van der Waals surface area contributed by atoms with E-state index in [1.165, 1.54) is 11.1 Å². The number of tetrazole rings is 1. The quantitative estimate of drug-likeness (QED) is 0.709. The first-order chi connectivity index (χ1) is 14.4. The van der Waals surface area contributed by atoms with Crippen molar-refractivity contribution >= 4 is 17.6 Å². The summed E-state index contributed by atoms with van der Waals surface area (Å²) in [6.07, 6.45) is 2.13. The van der Waals surface area contributed by atoms with Crippen LogP contribution >= 0.6 is 0 Å². The summed E-state index contributed by atoms with van der Waals surface area (Å²) in [7, 11) is 0. The van der Waals surface area contributed by atoms with Crippen molar-refractivity contribution in [2.75, 3.05) is 11.4 Å². The normalized spacial score (nSPS) is 15.7. The highest BCUT2D eigenvalue weighted by Crippen LogP contribution is 2.36. The predicted molar refractivity (Wildman–Crippen MR) is 117 cm³/mol. The second kappa shape index (κ2) is 8.10. The van der Waals surface area contributed by atoms with E-state index in [2.05, 4.69) is 89.3 Å². The summed E-state index contributed by atoms with van der Waals surface area (Å²) in [5, 5.41) is 15.4. The Morgan fingerprint density at radius 1 is 1.03 bits per heavy atom. The molecule has 1 aromatic heterocycles. The number of rotatable bonds is 5. The first-order valence-electron chi connectivity index (χ1n) is 10.1. The second-order valence-corrected chi connectivity index (χ2v) is 8.01. The number of nitrogens with zero attached hydrogens (tertiary/aromatic N) is 5. The summed E-state index contributed by atoms with van der Waals surface area (Å²) < 4.78 is 1.77. The number of aryl methyl sites for hydroxylation is 2. The lowest BCUT2D eigenvalue weighted by Gasteiger charge is -2.32. The molecule has 0 saturated heterocycles. The van der Waals surface area contributed by atoms with Gasteiger partial charge in [-0.1, -0.05) is 64.8 Å². The summed E-state index contributed by atoms with van der Waals surface area (Å²) in [5.74, 6) is 0.476. The average Bonchev–Trinajstić information content (AvgIpc) is 3.19. The Labute approximate surface area is 176 Å². The number of benzene rings is 2. The molecule has 0 spiro atoms. The molecule has 0 bridgehead atoms. The predicted octanol–water partition coefficient (Wildman–Crippen LogP) is 3.27. The average molecular weight is 403 g/mol. The van der Waals surface area contributed by atoms with Crippen LogP contribution in [0.4, 0.5) is 5.95 Å². The summed E-state index contributed by atoms with van der Waals surface area (Å²) in [5.41, 5.74) is 5.40. The number of carbonyl (C=O) groups excluding carboxylic acids is 1. The zero-order chi connectivity index (χ0) is 21.3. The number of hydrogen-bond acceptors (Lipinski definition) is 5. The van der Waals surface area contributed by atoms with Gasteiger partial charge in [0.2, 0.25) is 5.91 Å². The van der Waals surface area contributed by atoms with E-state index < -0.39 is 0 Å². The van der Waals surface area contributed by atoms with Gasteiger partial charge in [-0.2, -0.15) is 4.68 Å². The third-order valence-electron chi connectivity index (χ3n) is 5.10. The Kier molecular flexibility index (Phi) is 5.35. The highest BCUT2D eigenvalue weighted by atomic mass is 16.2. The van der Waals surface area contributed by atoms with Crippen molar-refractivity contribution in [3.63, 3.8) is 0 Å². The molecule has 1 unspecified atom stereocenters. The van der Waals surface area contributed by atoms with Crippen LogP contribution in [0.2, 0.25) is 0 Å². The molecule has 3 aromatic rings. The Hall–Kier alpha value is -3.48. The van der Waals surface area contributed by atoms with Gasteiger partial charge < -0.3 is 5.32 Å². The lowest BCUT2D eigenvalue weighted by Crippen LogP contribution is -2.42. The molecule has 7 heteroatoms. The van der Waals surface area contributed by atoms with E-state index >= 15 is 0 Å². The van der Waals surface area contributed by atoms with E-state index in [1.54, 1.807) is 4.68 Å². The van der Waals surface area contributed by atoms with Crippen molar-refractivity contribution in [3.05, 3.63) is 76.9 Å². The zero-order valence-electron chi connectivity index (χ0n) is 17.7. The van der Waals surface area contributed by atoms with E-state index in [-0.39, 0.29) is 24.5 Å². The van der Waals surface area contributed by atoms with Crippen molar-refractivity contribution < 1.29 is 4.79 Å². The van der Waals surface area contributed by atoms with E-state index in [9.17, 15) is 4.79 Å². The highest BCUT2D eigenvalue weighted by molar-refractivity contribution is 5.89. The number of fused-ring (bicyclic) bond motifs is 1. The molecule has 1 atom stereocenters. The number of amides is 1. The molecule has 0 saturated carbocycles. The molecule has 1 aliphatic rings. The van der Waals surface area contributed by atoms with Gasteiger partial charge in [-0.05, 0) is 55.3 Å². The molecule has 7 nitrogen and oxygen atoms in total. The molecule has 1 N–H and O–H groups in total. The molecule has 154 valence electrons. The van der Waals surface area contributed by atoms with Crippen LogP contribution in [-0.4, -0.2) is 38.7 Å². The Balaban J connectivity index is 1.80. The number of carbonyl (C=O) groups is 1. The standard InChI is InChI=1S/C23H26N6O/c1-15(2)24-22(30)14-28-20(18-9-5-16(3)6-10-18)13-21(29-23(28)25-26-27-29)19-11-7-17(4)8-12-19/h5-13,15,21H,14H2,1-4H3,(H,24,30). The van der Waals surface area contributed by atoms with Crippen LogP contribution in [0.5, 0.6) is 0 Å². The Bertz CT molecular complexity index is 1070. The van der Waals surface area contributed by atoms with Crippen LogP contribution in [-0.2, 0) is 4.79 Å².